The van der Waals surface area contributed by atoms with Gasteiger partial charge in [-0.2, -0.15) is 0 Å². The molecule has 2 nitrogen and oxygen atoms in total. The molecule has 0 fully saturated rings. The van der Waals surface area contributed by atoms with E-state index in [2.05, 4.69) is 40.8 Å². The van der Waals surface area contributed by atoms with Crippen LogP contribution in [0.25, 0.3) is 0 Å². The highest BCUT2D eigenvalue weighted by molar-refractivity contribution is 6.74. The molecule has 0 rings (SSSR count). The second-order valence-corrected chi connectivity index (χ2v) is 10.7. The highest BCUT2D eigenvalue weighted by atomic mass is 28.4. The molecule has 0 aromatic carbocycles. The van der Waals surface area contributed by atoms with E-state index in [1.54, 1.807) is 0 Å². The lowest BCUT2D eigenvalue weighted by molar-refractivity contribution is -0.108. The van der Waals surface area contributed by atoms with E-state index >= 15 is 0 Å². The molecule has 0 aliphatic heterocycles. The summed E-state index contributed by atoms with van der Waals surface area (Å²) in [6.07, 6.45) is 2.64. The molecule has 0 unspecified atom stereocenters. The Morgan fingerprint density at radius 2 is 1.87 bits per heavy atom. The van der Waals surface area contributed by atoms with E-state index in [9.17, 15) is 4.79 Å². The van der Waals surface area contributed by atoms with Gasteiger partial charge in [-0.1, -0.05) is 27.7 Å². The molecule has 0 saturated heterocycles. The Morgan fingerprint density at radius 1 is 1.33 bits per heavy atom. The molecule has 0 N–H and O–H groups in total. The molecule has 0 amide bonds. The summed E-state index contributed by atoms with van der Waals surface area (Å²) in [5, 5.41) is 0.279. The summed E-state index contributed by atoms with van der Waals surface area (Å²) in [6, 6.07) is 0. The molecule has 15 heavy (non-hydrogen) atoms. The predicted octanol–water partition coefficient (Wildman–Crippen LogP) is 3.62. The summed E-state index contributed by atoms with van der Waals surface area (Å²) in [4.78, 5) is 10.3. The van der Waals surface area contributed by atoms with Crippen LogP contribution < -0.4 is 0 Å². The van der Waals surface area contributed by atoms with Crippen LogP contribution >= 0.6 is 0 Å². The summed E-state index contributed by atoms with van der Waals surface area (Å²) in [7, 11) is -1.58. The first-order valence-corrected chi connectivity index (χ1v) is 8.69. The van der Waals surface area contributed by atoms with Gasteiger partial charge in [0.15, 0.2) is 8.32 Å². The number of hydrogen-bond donors (Lipinski definition) is 0. The van der Waals surface area contributed by atoms with Crippen molar-refractivity contribution in [2.75, 3.05) is 6.61 Å². The molecule has 0 radical (unpaired) electrons. The van der Waals surface area contributed by atoms with Gasteiger partial charge in [-0.3, -0.25) is 0 Å². The number of carbonyl (C=O) groups is 1. The van der Waals surface area contributed by atoms with Gasteiger partial charge in [0.25, 0.3) is 0 Å². The summed E-state index contributed by atoms with van der Waals surface area (Å²) in [5.41, 5.74) is 0. The topological polar surface area (TPSA) is 26.3 Å². The predicted molar refractivity (Wildman–Crippen MR) is 67.6 cm³/mol. The molecule has 0 saturated carbocycles. The van der Waals surface area contributed by atoms with Crippen LogP contribution in [-0.4, -0.2) is 21.2 Å². The van der Waals surface area contributed by atoms with E-state index < -0.39 is 8.32 Å². The lowest BCUT2D eigenvalue weighted by atomic mass is 10.1. The van der Waals surface area contributed by atoms with E-state index in [1.807, 2.05) is 0 Å². The van der Waals surface area contributed by atoms with Gasteiger partial charge >= 0.3 is 0 Å². The van der Waals surface area contributed by atoms with Crippen LogP contribution in [0.15, 0.2) is 0 Å². The SMILES string of the molecule is C[C@H](CC=O)CCO[Si](C)(C)C(C)(C)C. The van der Waals surface area contributed by atoms with Crippen molar-refractivity contribution < 1.29 is 9.22 Å². The first-order valence-electron chi connectivity index (χ1n) is 5.78. The van der Waals surface area contributed by atoms with Crippen LogP contribution in [0.1, 0.15) is 40.5 Å². The monoisotopic (exact) mass is 230 g/mol. The van der Waals surface area contributed by atoms with Gasteiger partial charge in [0.05, 0.1) is 0 Å². The Kier molecular flexibility index (Phi) is 5.74. The van der Waals surface area contributed by atoms with Crippen molar-refractivity contribution in [2.45, 2.75) is 58.7 Å². The van der Waals surface area contributed by atoms with Crippen molar-refractivity contribution >= 4 is 14.6 Å². The van der Waals surface area contributed by atoms with Gasteiger partial charge in [0, 0.05) is 13.0 Å². The summed E-state index contributed by atoms with van der Waals surface area (Å²) in [5.74, 6) is 0.451. The van der Waals surface area contributed by atoms with Gasteiger partial charge in [0.2, 0.25) is 0 Å². The minimum absolute atomic E-state index is 0.279. The fourth-order valence-electron chi connectivity index (χ4n) is 1.01. The fraction of sp³-hybridized carbons (Fsp3) is 0.917. The minimum Gasteiger partial charge on any atom is -0.417 e. The second-order valence-electron chi connectivity index (χ2n) is 5.90. The van der Waals surface area contributed by atoms with Gasteiger partial charge in [0.1, 0.15) is 6.29 Å². The van der Waals surface area contributed by atoms with E-state index in [0.29, 0.717) is 12.3 Å². The number of rotatable bonds is 6. The van der Waals surface area contributed by atoms with Crippen LogP contribution in [-0.2, 0) is 9.22 Å². The maximum absolute atomic E-state index is 10.3. The highest BCUT2D eigenvalue weighted by Crippen LogP contribution is 2.36. The lowest BCUT2D eigenvalue weighted by Gasteiger charge is -2.36. The third kappa shape index (κ3) is 5.47. The maximum Gasteiger partial charge on any atom is 0.191 e. The Balaban J connectivity index is 3.90. The smallest absolute Gasteiger partial charge is 0.191 e. The van der Waals surface area contributed by atoms with Gasteiger partial charge in [-0.15, -0.1) is 0 Å². The van der Waals surface area contributed by atoms with Crippen LogP contribution in [0, 0.1) is 5.92 Å². The fourth-order valence-corrected chi connectivity index (χ4v) is 2.08. The van der Waals surface area contributed by atoms with Crippen LogP contribution in [0.4, 0.5) is 0 Å². The molecule has 0 bridgehead atoms. The molecular weight excluding hydrogens is 204 g/mol. The third-order valence-electron chi connectivity index (χ3n) is 3.38. The highest BCUT2D eigenvalue weighted by Gasteiger charge is 2.36. The van der Waals surface area contributed by atoms with Crippen LogP contribution in [0.5, 0.6) is 0 Å². The van der Waals surface area contributed by atoms with E-state index in [0.717, 1.165) is 19.3 Å². The minimum atomic E-state index is -1.58. The van der Waals surface area contributed by atoms with Crippen molar-refractivity contribution in [2.24, 2.45) is 5.92 Å². The average Bonchev–Trinajstić information content (AvgIpc) is 2.01. The Bertz CT molecular complexity index is 194. The normalized spacial score (nSPS) is 15.1. The number of hydrogen-bond acceptors (Lipinski definition) is 2. The van der Waals surface area contributed by atoms with Crippen molar-refractivity contribution in [3.8, 4) is 0 Å². The molecule has 90 valence electrons. The Morgan fingerprint density at radius 3 is 2.27 bits per heavy atom. The molecule has 0 aromatic heterocycles. The standard InChI is InChI=1S/C12H26O2Si/c1-11(7-9-13)8-10-14-15(5,6)12(2,3)4/h9,11H,7-8,10H2,1-6H3/t11-/m1/s1. The van der Waals surface area contributed by atoms with Gasteiger partial charge in [-0.05, 0) is 30.5 Å². The molecule has 0 aliphatic rings. The molecular formula is C12H26O2Si. The Labute approximate surface area is 95.5 Å². The molecule has 0 aliphatic carbocycles. The Hall–Kier alpha value is -0.153. The van der Waals surface area contributed by atoms with Gasteiger partial charge < -0.3 is 9.22 Å². The van der Waals surface area contributed by atoms with Crippen LogP contribution in [0.3, 0.4) is 0 Å². The number of aldehydes is 1. The zero-order valence-electron chi connectivity index (χ0n) is 11.1. The maximum atomic E-state index is 10.3. The quantitative estimate of drug-likeness (QED) is 0.514. The second kappa shape index (κ2) is 5.80. The van der Waals surface area contributed by atoms with E-state index in [4.69, 9.17) is 4.43 Å². The molecule has 0 aromatic rings. The van der Waals surface area contributed by atoms with E-state index in [1.165, 1.54) is 0 Å². The zero-order chi connectivity index (χ0) is 12.1. The molecule has 1 atom stereocenters. The number of carbonyl (C=O) groups excluding carboxylic acids is 1. The first-order chi connectivity index (χ1) is 6.70. The lowest BCUT2D eigenvalue weighted by Crippen LogP contribution is -2.41. The van der Waals surface area contributed by atoms with Crippen LogP contribution in [0.2, 0.25) is 18.1 Å². The summed E-state index contributed by atoms with van der Waals surface area (Å²) >= 11 is 0. The van der Waals surface area contributed by atoms with Crippen molar-refractivity contribution in [3.63, 3.8) is 0 Å². The first kappa shape index (κ1) is 14.8. The molecule has 0 heterocycles. The van der Waals surface area contributed by atoms with Crippen molar-refractivity contribution in [1.29, 1.82) is 0 Å². The zero-order valence-corrected chi connectivity index (χ0v) is 12.1. The van der Waals surface area contributed by atoms with Gasteiger partial charge in [-0.25, -0.2) is 0 Å². The third-order valence-corrected chi connectivity index (χ3v) is 7.92. The molecule has 0 spiro atoms. The van der Waals surface area contributed by atoms with E-state index in [-0.39, 0.29) is 5.04 Å². The summed E-state index contributed by atoms with van der Waals surface area (Å²) < 4.78 is 6.03. The largest absolute Gasteiger partial charge is 0.417 e. The molecule has 3 heteroatoms. The summed E-state index contributed by atoms with van der Waals surface area (Å²) in [6.45, 7) is 14.2. The van der Waals surface area contributed by atoms with Crippen molar-refractivity contribution in [1.82, 2.24) is 0 Å². The van der Waals surface area contributed by atoms with Crippen molar-refractivity contribution in [3.05, 3.63) is 0 Å². The average molecular weight is 230 g/mol.